The first-order chi connectivity index (χ1) is 9.65. The second-order valence-corrected chi connectivity index (χ2v) is 6.06. The van der Waals surface area contributed by atoms with Gasteiger partial charge in [-0.1, -0.05) is 30.5 Å². The highest BCUT2D eigenvalue weighted by atomic mass is 15.1. The van der Waals surface area contributed by atoms with Gasteiger partial charge in [-0.2, -0.15) is 0 Å². The monoisotopic (exact) mass is 269 g/mol. The van der Waals surface area contributed by atoms with Gasteiger partial charge in [0.2, 0.25) is 0 Å². The number of aromatic nitrogens is 1. The van der Waals surface area contributed by atoms with Crippen LogP contribution in [0.2, 0.25) is 0 Å². The van der Waals surface area contributed by atoms with Gasteiger partial charge in [-0.15, -0.1) is 0 Å². The van der Waals surface area contributed by atoms with Crippen molar-refractivity contribution in [1.29, 1.82) is 0 Å². The number of nitrogens with zero attached hydrogens (tertiary/aromatic N) is 2. The van der Waals surface area contributed by atoms with Crippen molar-refractivity contribution in [3.05, 3.63) is 30.0 Å². The lowest BCUT2D eigenvalue weighted by molar-refractivity contribution is 0.756. The fourth-order valence-corrected chi connectivity index (χ4v) is 3.10. The number of benzene rings is 1. The van der Waals surface area contributed by atoms with Crippen molar-refractivity contribution in [3.8, 4) is 0 Å². The van der Waals surface area contributed by atoms with Gasteiger partial charge in [0.25, 0.3) is 0 Å². The molecule has 0 bridgehead atoms. The summed E-state index contributed by atoms with van der Waals surface area (Å²) in [7, 11) is 4.10. The molecule has 0 amide bonds. The first-order valence-electron chi connectivity index (χ1n) is 7.48. The van der Waals surface area contributed by atoms with Crippen LogP contribution in [-0.4, -0.2) is 25.1 Å². The molecule has 0 radical (unpaired) electrons. The third kappa shape index (κ3) is 2.45. The Morgan fingerprint density at radius 3 is 2.60 bits per heavy atom. The maximum absolute atomic E-state index is 4.65. The Morgan fingerprint density at radius 2 is 1.90 bits per heavy atom. The molecule has 20 heavy (non-hydrogen) atoms. The van der Waals surface area contributed by atoms with Crippen LogP contribution in [0.1, 0.15) is 31.2 Å². The summed E-state index contributed by atoms with van der Waals surface area (Å²) in [5.41, 5.74) is 2.46. The standard InChI is InChI=1S/C17H23N3/c1-12-8-9-14-15(10-12)17(20(2)3)18-11-16(14)19-13-6-4-5-7-13/h8-11,13,19H,4-7H2,1-3H3. The van der Waals surface area contributed by atoms with Gasteiger partial charge in [-0.25, -0.2) is 4.98 Å². The lowest BCUT2D eigenvalue weighted by Gasteiger charge is -2.19. The number of aryl methyl sites for hydroxylation is 1. The highest BCUT2D eigenvalue weighted by Crippen LogP contribution is 2.32. The molecule has 1 aliphatic rings. The lowest BCUT2D eigenvalue weighted by atomic mass is 10.1. The fraction of sp³-hybridized carbons (Fsp3) is 0.471. The molecule has 1 aliphatic carbocycles. The van der Waals surface area contributed by atoms with E-state index in [1.54, 1.807) is 0 Å². The number of rotatable bonds is 3. The predicted molar refractivity (Wildman–Crippen MR) is 86.7 cm³/mol. The molecule has 0 saturated heterocycles. The van der Waals surface area contributed by atoms with Gasteiger partial charge >= 0.3 is 0 Å². The van der Waals surface area contributed by atoms with Gasteiger partial charge in [-0.3, -0.25) is 0 Å². The van der Waals surface area contributed by atoms with E-state index in [2.05, 4.69) is 40.3 Å². The highest BCUT2D eigenvalue weighted by Gasteiger charge is 2.17. The zero-order valence-corrected chi connectivity index (χ0v) is 12.6. The van der Waals surface area contributed by atoms with E-state index in [1.165, 1.54) is 47.7 Å². The average Bonchev–Trinajstić information content (AvgIpc) is 2.91. The van der Waals surface area contributed by atoms with Gasteiger partial charge < -0.3 is 10.2 Å². The van der Waals surface area contributed by atoms with Crippen LogP contribution in [0.4, 0.5) is 11.5 Å². The predicted octanol–water partition coefficient (Wildman–Crippen LogP) is 3.96. The van der Waals surface area contributed by atoms with Crippen LogP contribution >= 0.6 is 0 Å². The molecule has 0 atom stereocenters. The number of hydrogen-bond donors (Lipinski definition) is 1. The van der Waals surface area contributed by atoms with Crippen LogP contribution in [0.3, 0.4) is 0 Å². The molecule has 3 rings (SSSR count). The summed E-state index contributed by atoms with van der Waals surface area (Å²) in [4.78, 5) is 6.74. The van der Waals surface area contributed by atoms with Crippen molar-refractivity contribution >= 4 is 22.3 Å². The van der Waals surface area contributed by atoms with Crippen molar-refractivity contribution in [1.82, 2.24) is 4.98 Å². The number of nitrogens with one attached hydrogen (secondary N) is 1. The first kappa shape index (κ1) is 13.2. The van der Waals surface area contributed by atoms with Crippen molar-refractivity contribution in [2.45, 2.75) is 38.6 Å². The van der Waals surface area contributed by atoms with E-state index in [1.807, 2.05) is 20.3 Å². The minimum atomic E-state index is 0.617. The van der Waals surface area contributed by atoms with Crippen LogP contribution in [-0.2, 0) is 0 Å². The molecule has 2 aromatic rings. The Bertz CT molecular complexity index is 613. The molecule has 1 fully saturated rings. The fourth-order valence-electron chi connectivity index (χ4n) is 3.10. The number of fused-ring (bicyclic) bond motifs is 1. The van der Waals surface area contributed by atoms with Gasteiger partial charge in [-0.05, 0) is 25.8 Å². The summed E-state index contributed by atoms with van der Waals surface area (Å²) in [5.74, 6) is 1.04. The Balaban J connectivity index is 2.07. The van der Waals surface area contributed by atoms with Crippen molar-refractivity contribution in [3.63, 3.8) is 0 Å². The zero-order chi connectivity index (χ0) is 14.1. The van der Waals surface area contributed by atoms with Gasteiger partial charge in [0.15, 0.2) is 0 Å². The molecule has 1 saturated carbocycles. The number of hydrogen-bond acceptors (Lipinski definition) is 3. The molecular formula is C17H23N3. The van der Waals surface area contributed by atoms with E-state index in [4.69, 9.17) is 0 Å². The van der Waals surface area contributed by atoms with Crippen LogP contribution in [0, 0.1) is 6.92 Å². The molecule has 3 heteroatoms. The summed E-state index contributed by atoms with van der Waals surface area (Å²) >= 11 is 0. The molecule has 106 valence electrons. The van der Waals surface area contributed by atoms with Crippen LogP contribution in [0.15, 0.2) is 24.4 Å². The Labute approximate surface area is 121 Å². The lowest BCUT2D eigenvalue weighted by Crippen LogP contribution is -2.16. The molecule has 3 nitrogen and oxygen atoms in total. The SMILES string of the molecule is Cc1ccc2c(NC3CCCC3)cnc(N(C)C)c2c1. The summed E-state index contributed by atoms with van der Waals surface area (Å²) in [5, 5.41) is 6.20. The third-order valence-electron chi connectivity index (χ3n) is 4.16. The molecule has 0 unspecified atom stereocenters. The molecule has 1 aromatic heterocycles. The van der Waals surface area contributed by atoms with E-state index in [0.717, 1.165) is 5.82 Å². The topological polar surface area (TPSA) is 28.2 Å². The maximum atomic E-state index is 4.65. The van der Waals surface area contributed by atoms with Crippen LogP contribution < -0.4 is 10.2 Å². The van der Waals surface area contributed by atoms with Crippen LogP contribution in [0.5, 0.6) is 0 Å². The van der Waals surface area contributed by atoms with E-state index in [9.17, 15) is 0 Å². The van der Waals surface area contributed by atoms with E-state index in [0.29, 0.717) is 6.04 Å². The highest BCUT2D eigenvalue weighted by molar-refractivity contribution is 6.00. The molecule has 1 heterocycles. The summed E-state index contributed by atoms with van der Waals surface area (Å²) in [6.07, 6.45) is 7.24. The second kappa shape index (κ2) is 5.31. The van der Waals surface area contributed by atoms with Gasteiger partial charge in [0.05, 0.1) is 11.9 Å². The van der Waals surface area contributed by atoms with E-state index >= 15 is 0 Å². The first-order valence-corrected chi connectivity index (χ1v) is 7.48. The minimum Gasteiger partial charge on any atom is -0.381 e. The Kier molecular flexibility index (Phi) is 3.51. The smallest absolute Gasteiger partial charge is 0.136 e. The van der Waals surface area contributed by atoms with Crippen molar-refractivity contribution < 1.29 is 0 Å². The Hall–Kier alpha value is -1.77. The summed E-state index contributed by atoms with van der Waals surface area (Å²) < 4.78 is 0. The quantitative estimate of drug-likeness (QED) is 0.914. The maximum Gasteiger partial charge on any atom is 0.136 e. The second-order valence-electron chi connectivity index (χ2n) is 6.06. The van der Waals surface area contributed by atoms with Crippen LogP contribution in [0.25, 0.3) is 10.8 Å². The Morgan fingerprint density at radius 1 is 1.15 bits per heavy atom. The molecule has 0 spiro atoms. The molecule has 1 aromatic carbocycles. The summed E-state index contributed by atoms with van der Waals surface area (Å²) in [6, 6.07) is 7.25. The van der Waals surface area contributed by atoms with E-state index < -0.39 is 0 Å². The van der Waals surface area contributed by atoms with Crippen molar-refractivity contribution in [2.24, 2.45) is 0 Å². The van der Waals surface area contributed by atoms with E-state index in [-0.39, 0.29) is 0 Å². The largest absolute Gasteiger partial charge is 0.381 e. The minimum absolute atomic E-state index is 0.617. The normalized spacial score (nSPS) is 15.8. The molecule has 0 aliphatic heterocycles. The average molecular weight is 269 g/mol. The number of pyridine rings is 1. The van der Waals surface area contributed by atoms with Gasteiger partial charge in [0.1, 0.15) is 5.82 Å². The third-order valence-corrected chi connectivity index (χ3v) is 4.16. The molecular weight excluding hydrogens is 246 g/mol. The van der Waals surface area contributed by atoms with Crippen molar-refractivity contribution in [2.75, 3.05) is 24.3 Å². The van der Waals surface area contributed by atoms with Gasteiger partial charge in [0, 0.05) is 30.9 Å². The molecule has 1 N–H and O–H groups in total. The summed E-state index contributed by atoms with van der Waals surface area (Å²) in [6.45, 7) is 2.13. The zero-order valence-electron chi connectivity index (χ0n) is 12.6. The number of anilines is 2.